The molecule has 1 saturated heterocycles. The van der Waals surface area contributed by atoms with Crippen LogP contribution in [0.4, 0.5) is 17.1 Å². The lowest BCUT2D eigenvalue weighted by Crippen LogP contribution is -2.46. The largest absolute Gasteiger partial charge is 0.368 e. The number of piperazine rings is 1. The third-order valence-corrected chi connectivity index (χ3v) is 6.26. The third-order valence-electron chi connectivity index (χ3n) is 5.59. The number of anilines is 2. The maximum atomic E-state index is 12.5. The Balaban J connectivity index is 1.37. The highest BCUT2D eigenvalue weighted by molar-refractivity contribution is 6.33. The summed E-state index contributed by atoms with van der Waals surface area (Å²) in [7, 11) is 0. The Bertz CT molecular complexity index is 1180. The zero-order chi connectivity index (χ0) is 23.4. The van der Waals surface area contributed by atoms with Crippen LogP contribution in [0.3, 0.4) is 0 Å². The van der Waals surface area contributed by atoms with Crippen molar-refractivity contribution in [3.8, 4) is 0 Å². The van der Waals surface area contributed by atoms with E-state index in [9.17, 15) is 14.9 Å². The fraction of sp³-hybridized carbons (Fsp3) is 0.208. The molecule has 1 N–H and O–H groups in total. The average molecular weight is 485 g/mol. The molecule has 0 spiro atoms. The molecule has 0 aliphatic carbocycles. The number of nitrogens with one attached hydrogen (secondary N) is 1. The molecule has 0 bridgehead atoms. The first kappa shape index (κ1) is 23.0. The van der Waals surface area contributed by atoms with Gasteiger partial charge in [0.15, 0.2) is 0 Å². The molecule has 1 aliphatic heterocycles. The first-order chi connectivity index (χ1) is 15.9. The molecule has 0 aromatic heterocycles. The van der Waals surface area contributed by atoms with Crippen LogP contribution in [0, 0.1) is 10.1 Å². The molecule has 170 valence electrons. The fourth-order valence-corrected chi connectivity index (χ4v) is 4.32. The summed E-state index contributed by atoms with van der Waals surface area (Å²) >= 11 is 12.8. The van der Waals surface area contributed by atoms with Crippen LogP contribution in [0.5, 0.6) is 0 Å². The zero-order valence-electron chi connectivity index (χ0n) is 17.7. The lowest BCUT2D eigenvalue weighted by atomic mass is 10.1. The summed E-state index contributed by atoms with van der Waals surface area (Å²) in [5.41, 5.74) is 2.62. The van der Waals surface area contributed by atoms with Crippen LogP contribution in [0.15, 0.2) is 66.7 Å². The number of carbonyl (C=O) groups excluding carboxylic acids is 1. The van der Waals surface area contributed by atoms with Crippen molar-refractivity contribution in [3.63, 3.8) is 0 Å². The van der Waals surface area contributed by atoms with E-state index in [4.69, 9.17) is 23.2 Å². The number of carbonyl (C=O) groups is 1. The molecule has 1 heterocycles. The van der Waals surface area contributed by atoms with Crippen molar-refractivity contribution in [2.45, 2.75) is 6.54 Å². The van der Waals surface area contributed by atoms with E-state index in [2.05, 4.69) is 15.1 Å². The minimum absolute atomic E-state index is 0.135. The van der Waals surface area contributed by atoms with Crippen LogP contribution in [0.1, 0.15) is 15.9 Å². The van der Waals surface area contributed by atoms with Crippen LogP contribution in [0.25, 0.3) is 0 Å². The third kappa shape index (κ3) is 5.63. The van der Waals surface area contributed by atoms with Crippen LogP contribution in [0.2, 0.25) is 10.0 Å². The number of halogens is 2. The second-order valence-electron chi connectivity index (χ2n) is 7.78. The quantitative estimate of drug-likeness (QED) is 0.370. The minimum Gasteiger partial charge on any atom is -0.368 e. The summed E-state index contributed by atoms with van der Waals surface area (Å²) < 4.78 is 0. The van der Waals surface area contributed by atoms with Gasteiger partial charge >= 0.3 is 0 Å². The van der Waals surface area contributed by atoms with E-state index in [0.717, 1.165) is 49.0 Å². The van der Waals surface area contributed by atoms with Gasteiger partial charge in [0.2, 0.25) is 0 Å². The lowest BCUT2D eigenvalue weighted by molar-refractivity contribution is -0.384. The molecule has 1 aliphatic rings. The molecule has 33 heavy (non-hydrogen) atoms. The van der Waals surface area contributed by atoms with Gasteiger partial charge in [-0.2, -0.15) is 0 Å². The van der Waals surface area contributed by atoms with Crippen molar-refractivity contribution in [2.24, 2.45) is 0 Å². The molecular formula is C24H22Cl2N4O3. The SMILES string of the molecule is O=C(Nc1ccc(N2CCN(Cc3ccccc3Cl)CC2)c(Cl)c1)c1cccc([N+](=O)[O-])c1. The summed E-state index contributed by atoms with van der Waals surface area (Å²) in [4.78, 5) is 27.5. The van der Waals surface area contributed by atoms with E-state index in [1.807, 2.05) is 30.3 Å². The number of hydrogen-bond acceptors (Lipinski definition) is 5. The Hall–Kier alpha value is -3.13. The number of hydrogen-bond donors (Lipinski definition) is 1. The maximum absolute atomic E-state index is 12.5. The Labute approximate surface area is 201 Å². The molecule has 1 fully saturated rings. The van der Waals surface area contributed by atoms with Gasteiger partial charge in [0.25, 0.3) is 11.6 Å². The molecule has 0 atom stereocenters. The number of benzene rings is 3. The molecule has 4 rings (SSSR count). The predicted octanol–water partition coefficient (Wildman–Crippen LogP) is 5.48. The Kier molecular flexibility index (Phi) is 7.13. The van der Waals surface area contributed by atoms with E-state index in [-0.39, 0.29) is 11.3 Å². The van der Waals surface area contributed by atoms with Crippen LogP contribution in [-0.4, -0.2) is 41.9 Å². The van der Waals surface area contributed by atoms with Crippen LogP contribution in [-0.2, 0) is 6.54 Å². The van der Waals surface area contributed by atoms with Gasteiger partial charge in [-0.25, -0.2) is 0 Å². The average Bonchev–Trinajstić information content (AvgIpc) is 2.81. The number of nitro groups is 1. The Morgan fingerprint density at radius 2 is 1.70 bits per heavy atom. The highest BCUT2D eigenvalue weighted by Crippen LogP contribution is 2.30. The standard InChI is InChI=1S/C24H22Cl2N4O3/c25-21-7-2-1-4-18(21)16-28-10-12-29(13-11-28)23-9-8-19(15-22(23)26)27-24(31)17-5-3-6-20(14-17)30(32)33/h1-9,14-15H,10-13,16H2,(H,27,31). The van der Waals surface area contributed by atoms with Crippen LogP contribution >= 0.6 is 23.2 Å². The van der Waals surface area contributed by atoms with Gasteiger partial charge in [-0.15, -0.1) is 0 Å². The van der Waals surface area contributed by atoms with Crippen LogP contribution < -0.4 is 10.2 Å². The number of nitro benzene ring substituents is 1. The molecule has 3 aromatic carbocycles. The molecule has 0 saturated carbocycles. The normalized spacial score (nSPS) is 14.2. The first-order valence-corrected chi connectivity index (χ1v) is 11.2. The number of rotatable bonds is 6. The van der Waals surface area contributed by atoms with Gasteiger partial charge in [0.1, 0.15) is 0 Å². The van der Waals surface area contributed by atoms with Crippen molar-refractivity contribution in [1.82, 2.24) is 4.90 Å². The van der Waals surface area contributed by atoms with Crippen molar-refractivity contribution in [3.05, 3.63) is 98.0 Å². The molecule has 0 unspecified atom stereocenters. The lowest BCUT2D eigenvalue weighted by Gasteiger charge is -2.36. The summed E-state index contributed by atoms with van der Waals surface area (Å²) in [5.74, 6) is -0.435. The summed E-state index contributed by atoms with van der Waals surface area (Å²) in [6.45, 7) is 4.22. The molecule has 1 amide bonds. The van der Waals surface area contributed by atoms with Gasteiger partial charge in [-0.05, 0) is 35.9 Å². The predicted molar refractivity (Wildman–Crippen MR) is 131 cm³/mol. The first-order valence-electron chi connectivity index (χ1n) is 10.5. The highest BCUT2D eigenvalue weighted by Gasteiger charge is 2.20. The summed E-state index contributed by atoms with van der Waals surface area (Å²) in [6.07, 6.45) is 0. The summed E-state index contributed by atoms with van der Waals surface area (Å²) in [6, 6.07) is 18.8. The maximum Gasteiger partial charge on any atom is 0.270 e. The molecule has 7 nitrogen and oxygen atoms in total. The topological polar surface area (TPSA) is 78.7 Å². The Morgan fingerprint density at radius 3 is 2.39 bits per heavy atom. The molecule has 9 heteroatoms. The fourth-order valence-electron chi connectivity index (χ4n) is 3.82. The van der Waals surface area contributed by atoms with Gasteiger partial charge in [-0.3, -0.25) is 19.8 Å². The van der Waals surface area contributed by atoms with Gasteiger partial charge < -0.3 is 10.2 Å². The van der Waals surface area contributed by atoms with E-state index in [1.165, 1.54) is 24.3 Å². The number of amides is 1. The second-order valence-corrected chi connectivity index (χ2v) is 8.60. The smallest absolute Gasteiger partial charge is 0.270 e. The van der Waals surface area contributed by atoms with Crippen molar-refractivity contribution < 1.29 is 9.72 Å². The molecule has 3 aromatic rings. The Morgan fingerprint density at radius 1 is 0.939 bits per heavy atom. The minimum atomic E-state index is -0.531. The van der Waals surface area contributed by atoms with E-state index < -0.39 is 10.8 Å². The van der Waals surface area contributed by atoms with Gasteiger partial charge in [0.05, 0.1) is 15.6 Å². The monoisotopic (exact) mass is 484 g/mol. The number of nitrogens with zero attached hydrogens (tertiary/aromatic N) is 3. The second kappa shape index (κ2) is 10.2. The van der Waals surface area contributed by atoms with Crippen molar-refractivity contribution in [1.29, 1.82) is 0 Å². The van der Waals surface area contributed by atoms with E-state index in [0.29, 0.717) is 10.7 Å². The van der Waals surface area contributed by atoms with Gasteiger partial charge in [-0.1, -0.05) is 47.5 Å². The zero-order valence-corrected chi connectivity index (χ0v) is 19.2. The van der Waals surface area contributed by atoms with E-state index in [1.54, 1.807) is 12.1 Å². The van der Waals surface area contributed by atoms with Crippen molar-refractivity contribution >= 4 is 46.2 Å². The molecular weight excluding hydrogens is 463 g/mol. The van der Waals surface area contributed by atoms with E-state index >= 15 is 0 Å². The number of non-ortho nitro benzene ring substituents is 1. The summed E-state index contributed by atoms with van der Waals surface area (Å²) in [5, 5.41) is 15.0. The van der Waals surface area contributed by atoms with Gasteiger partial charge in [0, 0.05) is 61.1 Å². The highest BCUT2D eigenvalue weighted by atomic mass is 35.5. The molecule has 0 radical (unpaired) electrons. The van der Waals surface area contributed by atoms with Crippen molar-refractivity contribution in [2.75, 3.05) is 36.4 Å².